The van der Waals surface area contributed by atoms with Gasteiger partial charge < -0.3 is 14.0 Å². The Balaban J connectivity index is 1.88. The van der Waals surface area contributed by atoms with Crippen molar-refractivity contribution in [2.45, 2.75) is 26.1 Å². The van der Waals surface area contributed by atoms with Crippen molar-refractivity contribution in [2.75, 3.05) is 20.3 Å². The number of alkyl halides is 3. The largest absolute Gasteiger partial charge is 0.496 e. The number of nitrogens with zero attached hydrogens (tertiary/aromatic N) is 3. The molecule has 0 aliphatic carbocycles. The lowest BCUT2D eigenvalue weighted by molar-refractivity contribution is -0.138. The minimum atomic E-state index is -4.49. The molecular formula is C21H20F3N3O2. The van der Waals surface area contributed by atoms with Gasteiger partial charge in [-0.3, -0.25) is 4.98 Å². The van der Waals surface area contributed by atoms with E-state index in [2.05, 4.69) is 4.98 Å². The maximum absolute atomic E-state index is 13.2. The van der Waals surface area contributed by atoms with E-state index < -0.39 is 11.7 Å². The number of imidazole rings is 1. The number of methoxy groups -OCH3 is 1. The number of hydrogen-bond acceptors (Lipinski definition) is 4. The highest BCUT2D eigenvalue weighted by Gasteiger charge is 2.34. The molecule has 152 valence electrons. The molecular weight excluding hydrogens is 383 g/mol. The Morgan fingerprint density at radius 1 is 1.10 bits per heavy atom. The van der Waals surface area contributed by atoms with Gasteiger partial charge in [0.05, 0.1) is 31.6 Å². The molecule has 0 N–H and O–H groups in total. The molecule has 0 saturated heterocycles. The van der Waals surface area contributed by atoms with Crippen LogP contribution in [-0.2, 0) is 23.9 Å². The molecule has 0 unspecified atom stereocenters. The standard InChI is InChI=1S/C21H20F3N3O2/c1-13-11-14(5-7-25-13)19-17-6-9-29-10-8-27(17)20(26-19)15-3-4-16(21(22,23)24)18(12-15)28-2/h3-5,7,11-12H,6,8-10H2,1-2H3. The van der Waals surface area contributed by atoms with Crippen LogP contribution >= 0.6 is 0 Å². The molecule has 1 aliphatic rings. The lowest BCUT2D eigenvalue weighted by Gasteiger charge is -2.14. The quantitative estimate of drug-likeness (QED) is 0.645. The maximum Gasteiger partial charge on any atom is 0.419 e. The van der Waals surface area contributed by atoms with Crippen LogP contribution in [-0.4, -0.2) is 34.9 Å². The first-order chi connectivity index (χ1) is 13.9. The van der Waals surface area contributed by atoms with E-state index in [0.29, 0.717) is 37.6 Å². The number of fused-ring (bicyclic) bond motifs is 1. The van der Waals surface area contributed by atoms with Crippen molar-refractivity contribution in [3.8, 4) is 28.4 Å². The predicted octanol–water partition coefficient (Wildman–Crippen LogP) is 4.52. The highest BCUT2D eigenvalue weighted by molar-refractivity contribution is 5.69. The Morgan fingerprint density at radius 2 is 1.93 bits per heavy atom. The fourth-order valence-electron chi connectivity index (χ4n) is 3.62. The first kappa shape index (κ1) is 19.4. The van der Waals surface area contributed by atoms with Crippen LogP contribution in [0, 0.1) is 6.92 Å². The van der Waals surface area contributed by atoms with Crippen LogP contribution in [0.25, 0.3) is 22.6 Å². The lowest BCUT2D eigenvalue weighted by atomic mass is 10.1. The Morgan fingerprint density at radius 3 is 2.66 bits per heavy atom. The van der Waals surface area contributed by atoms with E-state index in [9.17, 15) is 13.2 Å². The van der Waals surface area contributed by atoms with Crippen LogP contribution in [0.5, 0.6) is 5.75 Å². The zero-order chi connectivity index (χ0) is 20.6. The fourth-order valence-corrected chi connectivity index (χ4v) is 3.62. The van der Waals surface area contributed by atoms with Crippen LogP contribution in [0.4, 0.5) is 13.2 Å². The second-order valence-electron chi connectivity index (χ2n) is 6.84. The van der Waals surface area contributed by atoms with Gasteiger partial charge in [0, 0.05) is 41.7 Å². The Hall–Kier alpha value is -2.87. The van der Waals surface area contributed by atoms with Crippen LogP contribution in [0.1, 0.15) is 17.0 Å². The summed E-state index contributed by atoms with van der Waals surface area (Å²) in [6.45, 7) is 3.57. The molecule has 8 heteroatoms. The summed E-state index contributed by atoms with van der Waals surface area (Å²) in [6.07, 6.45) is -2.09. The minimum absolute atomic E-state index is 0.224. The number of benzene rings is 1. The zero-order valence-corrected chi connectivity index (χ0v) is 16.1. The summed E-state index contributed by atoms with van der Waals surface area (Å²) in [5.74, 6) is 0.375. The van der Waals surface area contributed by atoms with Crippen molar-refractivity contribution in [1.82, 2.24) is 14.5 Å². The number of aryl methyl sites for hydroxylation is 1. The normalized spacial score (nSPS) is 14.4. The van der Waals surface area contributed by atoms with E-state index in [4.69, 9.17) is 14.5 Å². The van der Waals surface area contributed by atoms with E-state index in [1.165, 1.54) is 19.2 Å². The number of rotatable bonds is 3. The van der Waals surface area contributed by atoms with Crippen molar-refractivity contribution in [2.24, 2.45) is 0 Å². The molecule has 3 aromatic rings. The molecule has 29 heavy (non-hydrogen) atoms. The third kappa shape index (κ3) is 3.72. The smallest absolute Gasteiger partial charge is 0.419 e. The Kier molecular flexibility index (Phi) is 5.04. The van der Waals surface area contributed by atoms with Gasteiger partial charge in [0.2, 0.25) is 0 Å². The summed E-state index contributed by atoms with van der Waals surface area (Å²) in [5.41, 5.74) is 3.35. The minimum Gasteiger partial charge on any atom is -0.496 e. The first-order valence-electron chi connectivity index (χ1n) is 9.24. The molecule has 1 aromatic carbocycles. The number of halogens is 3. The maximum atomic E-state index is 13.2. The fraction of sp³-hybridized carbons (Fsp3) is 0.333. The van der Waals surface area contributed by atoms with Crippen molar-refractivity contribution in [1.29, 1.82) is 0 Å². The molecule has 0 saturated carbocycles. The third-order valence-corrected chi connectivity index (χ3v) is 4.95. The Labute approximate surface area is 166 Å². The van der Waals surface area contributed by atoms with Gasteiger partial charge in [-0.2, -0.15) is 13.2 Å². The number of pyridine rings is 1. The molecule has 2 aromatic heterocycles. The molecule has 0 atom stereocenters. The molecule has 0 amide bonds. The highest BCUT2D eigenvalue weighted by atomic mass is 19.4. The molecule has 3 heterocycles. The molecule has 0 bridgehead atoms. The van der Waals surface area contributed by atoms with E-state index in [-0.39, 0.29) is 5.75 Å². The third-order valence-electron chi connectivity index (χ3n) is 4.95. The summed E-state index contributed by atoms with van der Waals surface area (Å²) < 4.78 is 52.4. The number of aromatic nitrogens is 3. The highest BCUT2D eigenvalue weighted by Crippen LogP contribution is 2.39. The van der Waals surface area contributed by atoms with Gasteiger partial charge in [-0.1, -0.05) is 6.07 Å². The van der Waals surface area contributed by atoms with Crippen molar-refractivity contribution in [3.63, 3.8) is 0 Å². The van der Waals surface area contributed by atoms with Crippen molar-refractivity contribution >= 4 is 0 Å². The van der Waals surface area contributed by atoms with Gasteiger partial charge in [0.15, 0.2) is 0 Å². The average molecular weight is 403 g/mol. The van der Waals surface area contributed by atoms with E-state index in [1.807, 2.05) is 23.6 Å². The van der Waals surface area contributed by atoms with Crippen molar-refractivity contribution < 1.29 is 22.6 Å². The molecule has 1 aliphatic heterocycles. The van der Waals surface area contributed by atoms with E-state index >= 15 is 0 Å². The summed E-state index contributed by atoms with van der Waals surface area (Å²) in [5, 5.41) is 0. The van der Waals surface area contributed by atoms with Crippen molar-refractivity contribution in [3.05, 3.63) is 53.5 Å². The van der Waals surface area contributed by atoms with Crippen LogP contribution < -0.4 is 4.74 Å². The van der Waals surface area contributed by atoms with Gasteiger partial charge >= 0.3 is 6.18 Å². The first-order valence-corrected chi connectivity index (χ1v) is 9.24. The predicted molar refractivity (Wildman–Crippen MR) is 102 cm³/mol. The summed E-state index contributed by atoms with van der Waals surface area (Å²) in [7, 11) is 1.24. The lowest BCUT2D eigenvalue weighted by Crippen LogP contribution is -2.09. The molecule has 0 fully saturated rings. The van der Waals surface area contributed by atoms with Crippen LogP contribution in [0.15, 0.2) is 36.5 Å². The molecule has 0 spiro atoms. The van der Waals surface area contributed by atoms with Gasteiger partial charge in [0.25, 0.3) is 0 Å². The summed E-state index contributed by atoms with van der Waals surface area (Å²) in [6, 6.07) is 7.71. The molecule has 0 radical (unpaired) electrons. The zero-order valence-electron chi connectivity index (χ0n) is 16.1. The number of ether oxygens (including phenoxy) is 2. The second kappa shape index (κ2) is 7.51. The average Bonchev–Trinajstić information content (AvgIpc) is 2.88. The number of hydrogen-bond donors (Lipinski definition) is 0. The second-order valence-corrected chi connectivity index (χ2v) is 6.84. The molecule has 4 rings (SSSR count). The van der Waals surface area contributed by atoms with Gasteiger partial charge in [-0.25, -0.2) is 4.98 Å². The summed E-state index contributed by atoms with van der Waals surface area (Å²) in [4.78, 5) is 9.06. The van der Waals surface area contributed by atoms with Crippen LogP contribution in [0.2, 0.25) is 0 Å². The van der Waals surface area contributed by atoms with Gasteiger partial charge in [-0.05, 0) is 31.2 Å². The van der Waals surface area contributed by atoms with E-state index in [1.54, 1.807) is 6.20 Å². The van der Waals surface area contributed by atoms with Gasteiger partial charge in [0.1, 0.15) is 11.6 Å². The summed E-state index contributed by atoms with van der Waals surface area (Å²) >= 11 is 0. The van der Waals surface area contributed by atoms with E-state index in [0.717, 1.165) is 28.7 Å². The van der Waals surface area contributed by atoms with Gasteiger partial charge in [-0.15, -0.1) is 0 Å². The molecule has 5 nitrogen and oxygen atoms in total. The topological polar surface area (TPSA) is 49.2 Å². The van der Waals surface area contributed by atoms with Crippen LogP contribution in [0.3, 0.4) is 0 Å². The monoisotopic (exact) mass is 403 g/mol. The SMILES string of the molecule is COc1cc(-c2nc(-c3ccnc(C)c3)c3n2CCOCC3)ccc1C(F)(F)F. The Bertz CT molecular complexity index is 1040.